The molecule has 1 rings (SSSR count). The fraction of sp³-hybridized carbons (Fsp3) is 0.300. The van der Waals surface area contributed by atoms with E-state index in [9.17, 15) is 4.79 Å². The molecule has 0 atom stereocenters. The molecule has 1 aromatic heterocycles. The second-order valence-electron chi connectivity index (χ2n) is 2.74. The minimum absolute atomic E-state index is 0.244. The Morgan fingerprint density at radius 1 is 1.64 bits per heavy atom. The molecule has 0 N–H and O–H groups in total. The van der Waals surface area contributed by atoms with Gasteiger partial charge < -0.3 is 4.74 Å². The zero-order valence-corrected chi connectivity index (χ0v) is 8.23. The highest BCUT2D eigenvalue weighted by atomic mass is 16.5. The molecule has 0 amide bonds. The summed E-state index contributed by atoms with van der Waals surface area (Å²) in [6, 6.07) is 1.82. The number of carbonyl (C=O) groups is 1. The Hall–Kier alpha value is -1.71. The molecule has 0 unspecified atom stereocenters. The Balaban J connectivity index is 2.56. The molecule has 1 heterocycles. The predicted octanol–water partition coefficient (Wildman–Crippen LogP) is 1.36. The molecule has 0 spiro atoms. The second kappa shape index (κ2) is 5.11. The molecule has 4 nitrogen and oxygen atoms in total. The van der Waals surface area contributed by atoms with Gasteiger partial charge in [-0.25, -0.2) is 9.97 Å². The van der Waals surface area contributed by atoms with Gasteiger partial charge in [0.1, 0.15) is 0 Å². The van der Waals surface area contributed by atoms with Gasteiger partial charge in [0.25, 0.3) is 0 Å². The number of methoxy groups -OCH3 is 1. The molecule has 0 aliphatic rings. The molecule has 0 aromatic carbocycles. The van der Waals surface area contributed by atoms with E-state index in [0.29, 0.717) is 5.82 Å². The van der Waals surface area contributed by atoms with Crippen molar-refractivity contribution in [3.8, 4) is 0 Å². The Bertz CT molecular complexity index is 348. The Morgan fingerprint density at radius 3 is 3.07 bits per heavy atom. The van der Waals surface area contributed by atoms with Gasteiger partial charge in [0.2, 0.25) is 0 Å². The number of ether oxygens (including phenoxy) is 1. The molecule has 4 heteroatoms. The summed E-state index contributed by atoms with van der Waals surface area (Å²) in [5, 5.41) is 0. The summed E-state index contributed by atoms with van der Waals surface area (Å²) in [5.74, 6) is 0.336. The van der Waals surface area contributed by atoms with Crippen LogP contribution >= 0.6 is 0 Å². The number of aryl methyl sites for hydroxylation is 1. The van der Waals surface area contributed by atoms with Crippen LogP contribution in [0.5, 0.6) is 0 Å². The first kappa shape index (κ1) is 10.4. The predicted molar refractivity (Wildman–Crippen MR) is 52.4 cm³/mol. The summed E-state index contributed by atoms with van der Waals surface area (Å²) >= 11 is 0. The maximum atomic E-state index is 10.8. The Labute approximate surface area is 82.6 Å². The van der Waals surface area contributed by atoms with Crippen molar-refractivity contribution in [2.45, 2.75) is 13.3 Å². The first-order valence-corrected chi connectivity index (χ1v) is 4.25. The van der Waals surface area contributed by atoms with Crippen molar-refractivity contribution >= 4 is 12.0 Å². The monoisotopic (exact) mass is 192 g/mol. The average molecular weight is 192 g/mol. The number of carbonyl (C=O) groups excluding carboxylic acids is 1. The summed E-state index contributed by atoms with van der Waals surface area (Å²) < 4.78 is 4.48. The van der Waals surface area contributed by atoms with E-state index in [1.165, 1.54) is 7.11 Å². The van der Waals surface area contributed by atoms with Crippen molar-refractivity contribution in [1.29, 1.82) is 0 Å². The third kappa shape index (κ3) is 3.35. The lowest BCUT2D eigenvalue weighted by molar-refractivity contribution is -0.139. The van der Waals surface area contributed by atoms with Gasteiger partial charge in [-0.2, -0.15) is 0 Å². The molecular formula is C10H12N2O2. The van der Waals surface area contributed by atoms with Crippen LogP contribution < -0.4 is 0 Å². The molecule has 1 aromatic rings. The highest BCUT2D eigenvalue weighted by molar-refractivity contribution is 5.72. The van der Waals surface area contributed by atoms with Gasteiger partial charge in [0.05, 0.1) is 13.5 Å². The van der Waals surface area contributed by atoms with Gasteiger partial charge in [0, 0.05) is 11.9 Å². The van der Waals surface area contributed by atoms with E-state index >= 15 is 0 Å². The maximum absolute atomic E-state index is 10.8. The van der Waals surface area contributed by atoms with Crippen molar-refractivity contribution in [2.24, 2.45) is 0 Å². The molecular weight excluding hydrogens is 180 g/mol. The minimum atomic E-state index is -0.270. The molecule has 0 aliphatic heterocycles. The normalized spacial score (nSPS) is 10.4. The largest absolute Gasteiger partial charge is 0.469 e. The molecule has 0 saturated carbocycles. The van der Waals surface area contributed by atoms with Gasteiger partial charge in [-0.3, -0.25) is 4.79 Å². The van der Waals surface area contributed by atoms with Crippen LogP contribution in [0.2, 0.25) is 0 Å². The standard InChI is InChI=1S/C10H12N2O2/c1-8-6-7-11-9(12-8)4-3-5-10(13)14-2/h3-4,6-7H,5H2,1-2H3. The summed E-state index contributed by atoms with van der Waals surface area (Å²) in [5.41, 5.74) is 0.901. The van der Waals surface area contributed by atoms with E-state index in [2.05, 4.69) is 14.7 Å². The van der Waals surface area contributed by atoms with Crippen LogP contribution in [0.25, 0.3) is 6.08 Å². The first-order chi connectivity index (χ1) is 6.72. The van der Waals surface area contributed by atoms with E-state index in [4.69, 9.17) is 0 Å². The molecule has 0 bridgehead atoms. The SMILES string of the molecule is COC(=O)CC=Cc1nccc(C)n1. The average Bonchev–Trinajstić information content (AvgIpc) is 2.17. The second-order valence-corrected chi connectivity index (χ2v) is 2.74. The number of aromatic nitrogens is 2. The van der Waals surface area contributed by atoms with Crippen molar-refractivity contribution < 1.29 is 9.53 Å². The van der Waals surface area contributed by atoms with Gasteiger partial charge in [0.15, 0.2) is 5.82 Å². The fourth-order valence-electron chi connectivity index (χ4n) is 0.893. The van der Waals surface area contributed by atoms with E-state index in [1.807, 2.05) is 13.0 Å². The molecule has 0 fully saturated rings. The number of rotatable bonds is 3. The molecule has 0 saturated heterocycles. The zero-order chi connectivity index (χ0) is 10.4. The minimum Gasteiger partial charge on any atom is -0.469 e. The quantitative estimate of drug-likeness (QED) is 0.678. The molecule has 0 radical (unpaired) electrons. The van der Waals surface area contributed by atoms with E-state index in [1.54, 1.807) is 18.3 Å². The lowest BCUT2D eigenvalue weighted by Gasteiger charge is -1.94. The number of hydrogen-bond acceptors (Lipinski definition) is 4. The van der Waals surface area contributed by atoms with Crippen LogP contribution in [-0.2, 0) is 9.53 Å². The van der Waals surface area contributed by atoms with Crippen LogP contribution in [0, 0.1) is 6.92 Å². The Morgan fingerprint density at radius 2 is 2.43 bits per heavy atom. The molecule has 74 valence electrons. The summed E-state index contributed by atoms with van der Waals surface area (Å²) in [4.78, 5) is 18.9. The van der Waals surface area contributed by atoms with Gasteiger partial charge in [-0.05, 0) is 19.1 Å². The van der Waals surface area contributed by atoms with Crippen molar-refractivity contribution in [1.82, 2.24) is 9.97 Å². The highest BCUT2D eigenvalue weighted by Crippen LogP contribution is 1.97. The lowest BCUT2D eigenvalue weighted by Crippen LogP contribution is -1.97. The third-order valence-electron chi connectivity index (χ3n) is 1.59. The Kier molecular flexibility index (Phi) is 3.79. The van der Waals surface area contributed by atoms with Crippen molar-refractivity contribution in [3.05, 3.63) is 29.9 Å². The van der Waals surface area contributed by atoms with Crippen LogP contribution in [0.4, 0.5) is 0 Å². The lowest BCUT2D eigenvalue weighted by atomic mass is 10.3. The van der Waals surface area contributed by atoms with Gasteiger partial charge in [-0.1, -0.05) is 6.08 Å². The summed E-state index contributed by atoms with van der Waals surface area (Å²) in [6.45, 7) is 1.89. The van der Waals surface area contributed by atoms with Gasteiger partial charge in [-0.15, -0.1) is 0 Å². The van der Waals surface area contributed by atoms with Crippen molar-refractivity contribution in [3.63, 3.8) is 0 Å². The van der Waals surface area contributed by atoms with E-state index in [0.717, 1.165) is 5.69 Å². The smallest absolute Gasteiger partial charge is 0.309 e. The van der Waals surface area contributed by atoms with E-state index < -0.39 is 0 Å². The topological polar surface area (TPSA) is 52.1 Å². The molecule has 14 heavy (non-hydrogen) atoms. The fourth-order valence-corrected chi connectivity index (χ4v) is 0.893. The number of nitrogens with zero attached hydrogens (tertiary/aromatic N) is 2. The zero-order valence-electron chi connectivity index (χ0n) is 8.23. The summed E-state index contributed by atoms with van der Waals surface area (Å²) in [6.07, 6.45) is 5.30. The summed E-state index contributed by atoms with van der Waals surface area (Å²) in [7, 11) is 1.36. The van der Waals surface area contributed by atoms with Gasteiger partial charge >= 0.3 is 5.97 Å². The molecule has 0 aliphatic carbocycles. The first-order valence-electron chi connectivity index (χ1n) is 4.25. The van der Waals surface area contributed by atoms with Crippen LogP contribution in [0.15, 0.2) is 18.3 Å². The number of hydrogen-bond donors (Lipinski definition) is 0. The van der Waals surface area contributed by atoms with E-state index in [-0.39, 0.29) is 12.4 Å². The van der Waals surface area contributed by atoms with Crippen LogP contribution in [-0.4, -0.2) is 23.0 Å². The van der Waals surface area contributed by atoms with Crippen LogP contribution in [0.1, 0.15) is 17.9 Å². The maximum Gasteiger partial charge on any atom is 0.309 e. The van der Waals surface area contributed by atoms with Crippen molar-refractivity contribution in [2.75, 3.05) is 7.11 Å². The third-order valence-corrected chi connectivity index (χ3v) is 1.59. The van der Waals surface area contributed by atoms with Crippen LogP contribution in [0.3, 0.4) is 0 Å². The highest BCUT2D eigenvalue weighted by Gasteiger charge is 1.95. The number of esters is 1.